The standard InChI is InChI=1S/C27H42N4O7/c1-25(2,3)38-24(37)30-15-19(33)14-20(30)21(34)31(22(35)26(4,5)28)23(36)27(6,7)29-18(16-32)13-17-11-9-8-10-12-17/h8-12,18-20,29,32-33H,13-16,28H2,1-7H3. The molecule has 1 aliphatic rings. The molecule has 212 valence electrons. The minimum absolute atomic E-state index is 0.179. The second-order valence-electron chi connectivity index (χ2n) is 11.9. The Morgan fingerprint density at radius 1 is 1.08 bits per heavy atom. The molecule has 11 heteroatoms. The fourth-order valence-electron chi connectivity index (χ4n) is 4.21. The summed E-state index contributed by atoms with van der Waals surface area (Å²) in [4.78, 5) is 55.3. The Morgan fingerprint density at radius 2 is 1.66 bits per heavy atom. The zero-order valence-corrected chi connectivity index (χ0v) is 23.4. The van der Waals surface area contributed by atoms with Crippen molar-refractivity contribution < 1.29 is 34.1 Å². The van der Waals surface area contributed by atoms with Crippen LogP contribution in [0.4, 0.5) is 4.79 Å². The number of hydrogen-bond donors (Lipinski definition) is 4. The van der Waals surface area contributed by atoms with Crippen LogP contribution in [-0.2, 0) is 25.5 Å². The minimum atomic E-state index is -1.60. The first-order valence-electron chi connectivity index (χ1n) is 12.7. The van der Waals surface area contributed by atoms with E-state index >= 15 is 0 Å². The van der Waals surface area contributed by atoms with E-state index in [2.05, 4.69) is 5.32 Å². The van der Waals surface area contributed by atoms with Gasteiger partial charge >= 0.3 is 6.09 Å². The molecule has 3 atom stereocenters. The number of nitrogens with two attached hydrogens (primary N) is 1. The normalized spacial score (nSPS) is 19.2. The number of likely N-dealkylation sites (tertiary alicyclic amines) is 1. The number of nitrogens with one attached hydrogen (secondary N) is 1. The third-order valence-electron chi connectivity index (χ3n) is 6.01. The maximum Gasteiger partial charge on any atom is 0.411 e. The van der Waals surface area contributed by atoms with Gasteiger partial charge in [-0.15, -0.1) is 0 Å². The van der Waals surface area contributed by atoms with Gasteiger partial charge < -0.3 is 20.7 Å². The molecule has 0 aromatic heterocycles. The van der Waals surface area contributed by atoms with E-state index in [1.54, 1.807) is 20.8 Å². The molecule has 0 bridgehead atoms. The summed E-state index contributed by atoms with van der Waals surface area (Å²) in [6, 6.07) is 7.45. The van der Waals surface area contributed by atoms with Gasteiger partial charge in [-0.05, 0) is 60.5 Å². The number of ether oxygens (including phenoxy) is 1. The van der Waals surface area contributed by atoms with Gasteiger partial charge in [0.05, 0.1) is 30.3 Å². The van der Waals surface area contributed by atoms with Crippen molar-refractivity contribution in [2.24, 2.45) is 5.73 Å². The number of carbonyl (C=O) groups is 4. The van der Waals surface area contributed by atoms with E-state index in [0.717, 1.165) is 10.5 Å². The Balaban J connectivity index is 2.38. The highest BCUT2D eigenvalue weighted by molar-refractivity contribution is 6.17. The van der Waals surface area contributed by atoms with Crippen LogP contribution in [0.2, 0.25) is 0 Å². The Bertz CT molecular complexity index is 1010. The summed E-state index contributed by atoms with van der Waals surface area (Å²) in [5.74, 6) is -2.85. The van der Waals surface area contributed by atoms with Crippen LogP contribution in [-0.4, -0.2) is 91.8 Å². The zero-order valence-electron chi connectivity index (χ0n) is 23.4. The summed E-state index contributed by atoms with van der Waals surface area (Å²) in [7, 11) is 0. The summed E-state index contributed by atoms with van der Waals surface area (Å²) < 4.78 is 5.38. The second kappa shape index (κ2) is 11.9. The fraction of sp³-hybridized carbons (Fsp3) is 0.630. The first-order chi connectivity index (χ1) is 17.4. The highest BCUT2D eigenvalue weighted by atomic mass is 16.6. The number of rotatable bonds is 8. The van der Waals surface area contributed by atoms with Crippen molar-refractivity contribution in [3.8, 4) is 0 Å². The fourth-order valence-corrected chi connectivity index (χ4v) is 4.21. The molecule has 2 rings (SSSR count). The Kier molecular flexibility index (Phi) is 9.82. The smallest absolute Gasteiger partial charge is 0.411 e. The number of β-amino-alcohol motifs (C(OH)–C–C–N with tert-alkyl or cyclic N) is 1. The van der Waals surface area contributed by atoms with Crippen LogP contribution < -0.4 is 11.1 Å². The molecule has 4 amide bonds. The van der Waals surface area contributed by atoms with Gasteiger partial charge in [-0.3, -0.25) is 24.6 Å². The van der Waals surface area contributed by atoms with Crippen molar-refractivity contribution in [1.29, 1.82) is 0 Å². The van der Waals surface area contributed by atoms with Gasteiger partial charge in [0.1, 0.15) is 11.6 Å². The first-order valence-corrected chi connectivity index (χ1v) is 12.7. The Labute approximate surface area is 224 Å². The summed E-state index contributed by atoms with van der Waals surface area (Å²) in [5.41, 5.74) is 2.98. The molecule has 38 heavy (non-hydrogen) atoms. The van der Waals surface area contributed by atoms with E-state index in [4.69, 9.17) is 10.5 Å². The van der Waals surface area contributed by atoms with Gasteiger partial charge in [0.2, 0.25) is 0 Å². The molecule has 0 radical (unpaired) electrons. The number of imide groups is 3. The average Bonchev–Trinajstić information content (AvgIpc) is 3.19. The number of benzene rings is 1. The highest BCUT2D eigenvalue weighted by Crippen LogP contribution is 2.25. The van der Waals surface area contributed by atoms with Crippen LogP contribution in [0.5, 0.6) is 0 Å². The first kappa shape index (κ1) is 31.4. The molecule has 0 spiro atoms. The summed E-state index contributed by atoms with van der Waals surface area (Å²) in [5, 5.41) is 23.3. The maximum absolute atomic E-state index is 13.8. The van der Waals surface area contributed by atoms with Gasteiger partial charge in [0.25, 0.3) is 17.7 Å². The lowest BCUT2D eigenvalue weighted by molar-refractivity contribution is -0.161. The van der Waals surface area contributed by atoms with E-state index in [1.807, 2.05) is 30.3 Å². The molecule has 3 unspecified atom stereocenters. The molecular weight excluding hydrogens is 492 g/mol. The second-order valence-corrected chi connectivity index (χ2v) is 11.9. The molecule has 1 aromatic rings. The zero-order chi connectivity index (χ0) is 29.1. The van der Waals surface area contributed by atoms with Crippen LogP contribution in [0.15, 0.2) is 30.3 Å². The van der Waals surface area contributed by atoms with Crippen molar-refractivity contribution >= 4 is 23.8 Å². The van der Waals surface area contributed by atoms with Gasteiger partial charge in [0, 0.05) is 12.5 Å². The van der Waals surface area contributed by atoms with Gasteiger partial charge in [0.15, 0.2) is 0 Å². The van der Waals surface area contributed by atoms with E-state index in [0.29, 0.717) is 11.3 Å². The summed E-state index contributed by atoms with van der Waals surface area (Å²) in [6.45, 7) is 10.2. The van der Waals surface area contributed by atoms with Crippen molar-refractivity contribution in [3.63, 3.8) is 0 Å². The number of aliphatic hydroxyl groups is 2. The third-order valence-corrected chi connectivity index (χ3v) is 6.01. The molecule has 0 saturated carbocycles. The van der Waals surface area contributed by atoms with E-state index in [-0.39, 0.29) is 19.6 Å². The molecule has 0 aliphatic carbocycles. The molecule has 1 heterocycles. The SMILES string of the molecule is CC(C)(C)OC(=O)N1CC(O)CC1C(=O)N(C(=O)C(C)(C)N)C(=O)C(C)(C)NC(CO)Cc1ccccc1. The lowest BCUT2D eigenvalue weighted by Crippen LogP contribution is -2.66. The molecule has 1 fully saturated rings. The van der Waals surface area contributed by atoms with Crippen LogP contribution in [0.3, 0.4) is 0 Å². The van der Waals surface area contributed by atoms with Crippen LogP contribution in [0.25, 0.3) is 0 Å². The highest BCUT2D eigenvalue weighted by Gasteiger charge is 2.50. The van der Waals surface area contributed by atoms with Gasteiger partial charge in [-0.2, -0.15) is 0 Å². The topological polar surface area (TPSA) is 162 Å². The molecule has 1 saturated heterocycles. The monoisotopic (exact) mass is 534 g/mol. The molecule has 5 N–H and O–H groups in total. The summed E-state index contributed by atoms with van der Waals surface area (Å²) >= 11 is 0. The van der Waals surface area contributed by atoms with Crippen molar-refractivity contribution in [2.75, 3.05) is 13.2 Å². The molecule has 1 aliphatic heterocycles. The van der Waals surface area contributed by atoms with Gasteiger partial charge in [-0.1, -0.05) is 30.3 Å². The molecule has 1 aromatic carbocycles. The largest absolute Gasteiger partial charge is 0.444 e. The Hall–Kier alpha value is -2.86. The van der Waals surface area contributed by atoms with Crippen molar-refractivity contribution in [1.82, 2.24) is 15.1 Å². The lowest BCUT2D eigenvalue weighted by atomic mass is 9.96. The summed E-state index contributed by atoms with van der Waals surface area (Å²) in [6.07, 6.45) is -1.69. The van der Waals surface area contributed by atoms with Crippen molar-refractivity contribution in [2.45, 2.75) is 96.2 Å². The number of nitrogens with zero attached hydrogens (tertiary/aromatic N) is 2. The average molecular weight is 535 g/mol. The Morgan fingerprint density at radius 3 is 2.16 bits per heavy atom. The van der Waals surface area contributed by atoms with E-state index < -0.39 is 58.7 Å². The van der Waals surface area contributed by atoms with Crippen LogP contribution >= 0.6 is 0 Å². The third kappa shape index (κ3) is 8.07. The predicted molar refractivity (Wildman–Crippen MR) is 141 cm³/mol. The lowest BCUT2D eigenvalue weighted by Gasteiger charge is -2.37. The number of carbonyl (C=O) groups excluding carboxylic acids is 4. The molecular formula is C27H42N4O7. The van der Waals surface area contributed by atoms with Crippen molar-refractivity contribution in [3.05, 3.63) is 35.9 Å². The van der Waals surface area contributed by atoms with Crippen LogP contribution in [0.1, 0.15) is 60.5 Å². The van der Waals surface area contributed by atoms with E-state index in [9.17, 15) is 29.4 Å². The molecule has 11 nitrogen and oxygen atoms in total. The predicted octanol–water partition coefficient (Wildman–Crippen LogP) is 0.948. The van der Waals surface area contributed by atoms with Crippen LogP contribution in [0, 0.1) is 0 Å². The number of hydrogen-bond acceptors (Lipinski definition) is 9. The minimum Gasteiger partial charge on any atom is -0.444 e. The number of amides is 4. The van der Waals surface area contributed by atoms with Gasteiger partial charge in [-0.25, -0.2) is 9.69 Å². The quantitative estimate of drug-likeness (QED) is 0.380. The maximum atomic E-state index is 13.8. The number of aliphatic hydroxyl groups excluding tert-OH is 2. The van der Waals surface area contributed by atoms with E-state index in [1.165, 1.54) is 27.7 Å².